The number of hydrogen-bond acceptors (Lipinski definition) is 4. The van der Waals surface area contributed by atoms with Crippen LogP contribution in [0.3, 0.4) is 0 Å². The van der Waals surface area contributed by atoms with Crippen LogP contribution in [0.4, 0.5) is 5.95 Å². The van der Waals surface area contributed by atoms with Gasteiger partial charge in [0.1, 0.15) is 0 Å². The van der Waals surface area contributed by atoms with Gasteiger partial charge in [-0.2, -0.15) is 9.50 Å². The Balaban J connectivity index is 1.84. The minimum atomic E-state index is -0.134. The van der Waals surface area contributed by atoms with Gasteiger partial charge in [-0.05, 0) is 24.5 Å². The molecule has 0 unspecified atom stereocenters. The van der Waals surface area contributed by atoms with E-state index in [1.807, 2.05) is 12.1 Å². The highest BCUT2D eigenvalue weighted by Gasteiger charge is 2.08. The summed E-state index contributed by atoms with van der Waals surface area (Å²) in [5.41, 5.74) is 3.05. The molecule has 114 valence electrons. The molecule has 3 rings (SSSR count). The first-order chi connectivity index (χ1) is 10.7. The van der Waals surface area contributed by atoms with Crippen molar-refractivity contribution < 1.29 is 0 Å². The number of anilines is 1. The molecule has 1 aromatic carbocycles. The third-order valence-electron chi connectivity index (χ3n) is 3.60. The highest BCUT2D eigenvalue weighted by atomic mass is 16.1. The zero-order valence-electron chi connectivity index (χ0n) is 12.8. The molecule has 0 aliphatic carbocycles. The molecule has 0 saturated heterocycles. The molecule has 0 aliphatic rings. The molecule has 0 atom stereocenters. The summed E-state index contributed by atoms with van der Waals surface area (Å²) in [6.45, 7) is 4.77. The number of nitrogens with one attached hydrogen (secondary N) is 2. The van der Waals surface area contributed by atoms with E-state index in [0.29, 0.717) is 18.3 Å². The molecule has 0 bridgehead atoms. The van der Waals surface area contributed by atoms with E-state index in [0.717, 1.165) is 18.5 Å². The molecule has 3 aromatic rings. The summed E-state index contributed by atoms with van der Waals surface area (Å²) in [5.74, 6) is 0.949. The van der Waals surface area contributed by atoms with Crippen molar-refractivity contribution in [2.24, 2.45) is 0 Å². The minimum Gasteiger partial charge on any atom is -0.351 e. The standard InChI is InChI=1S/C16H19N5O/c1-3-6-13-9-14(22)21-16(18-13)19-15(20-21)17-10-12-8-5-4-7-11(12)2/h4-5,7-9H,3,6,10H2,1-2H3,(H2,17,18,19,20). The Kier molecular flexibility index (Phi) is 3.91. The first-order valence-electron chi connectivity index (χ1n) is 7.44. The van der Waals surface area contributed by atoms with Gasteiger partial charge in [0.25, 0.3) is 11.3 Å². The van der Waals surface area contributed by atoms with Crippen LogP contribution in [0.2, 0.25) is 0 Å². The molecule has 0 amide bonds. The molecule has 2 heterocycles. The number of benzene rings is 1. The van der Waals surface area contributed by atoms with Crippen molar-refractivity contribution in [3.8, 4) is 0 Å². The molecule has 2 aromatic heterocycles. The predicted octanol–water partition coefficient (Wildman–Crippen LogP) is 2.29. The van der Waals surface area contributed by atoms with Gasteiger partial charge in [-0.1, -0.05) is 37.6 Å². The van der Waals surface area contributed by atoms with Crippen molar-refractivity contribution in [2.75, 3.05) is 5.32 Å². The molecule has 0 spiro atoms. The van der Waals surface area contributed by atoms with Crippen LogP contribution in [-0.4, -0.2) is 19.6 Å². The summed E-state index contributed by atoms with van der Waals surface area (Å²) < 4.78 is 1.36. The third kappa shape index (κ3) is 2.86. The van der Waals surface area contributed by atoms with Gasteiger partial charge in [0.2, 0.25) is 5.95 Å². The van der Waals surface area contributed by atoms with Gasteiger partial charge in [-0.3, -0.25) is 9.89 Å². The second kappa shape index (κ2) is 6.01. The maximum atomic E-state index is 12.0. The fraction of sp³-hybridized carbons (Fsp3) is 0.312. The Hall–Kier alpha value is -2.63. The molecular weight excluding hydrogens is 278 g/mol. The highest BCUT2D eigenvalue weighted by Crippen LogP contribution is 2.09. The quantitative estimate of drug-likeness (QED) is 0.757. The number of hydrogen-bond donors (Lipinski definition) is 2. The molecular formula is C16H19N5O. The summed E-state index contributed by atoms with van der Waals surface area (Å²) in [6.07, 6.45) is 1.73. The number of aryl methyl sites for hydroxylation is 2. The molecule has 0 aliphatic heterocycles. The zero-order chi connectivity index (χ0) is 15.5. The van der Waals surface area contributed by atoms with E-state index >= 15 is 0 Å². The topological polar surface area (TPSA) is 75.1 Å². The van der Waals surface area contributed by atoms with Crippen LogP contribution in [0.15, 0.2) is 35.1 Å². The van der Waals surface area contributed by atoms with Gasteiger partial charge in [-0.15, -0.1) is 0 Å². The molecule has 0 fully saturated rings. The second-order valence-electron chi connectivity index (χ2n) is 5.32. The predicted molar refractivity (Wildman–Crippen MR) is 86.1 cm³/mol. The molecule has 22 heavy (non-hydrogen) atoms. The van der Waals surface area contributed by atoms with Crippen molar-refractivity contribution in [1.29, 1.82) is 0 Å². The highest BCUT2D eigenvalue weighted by molar-refractivity contribution is 5.38. The third-order valence-corrected chi connectivity index (χ3v) is 3.60. The maximum absolute atomic E-state index is 12.0. The van der Waals surface area contributed by atoms with E-state index < -0.39 is 0 Å². The molecule has 2 N–H and O–H groups in total. The van der Waals surface area contributed by atoms with E-state index in [9.17, 15) is 4.79 Å². The Morgan fingerprint density at radius 1 is 1.27 bits per heavy atom. The summed E-state index contributed by atoms with van der Waals surface area (Å²) in [4.78, 5) is 20.8. The summed E-state index contributed by atoms with van der Waals surface area (Å²) in [6, 6.07) is 9.71. The number of aromatic amines is 1. The number of nitrogens with zero attached hydrogens (tertiary/aromatic N) is 3. The molecule has 6 heteroatoms. The van der Waals surface area contributed by atoms with Crippen LogP contribution in [-0.2, 0) is 13.0 Å². The van der Waals surface area contributed by atoms with E-state index in [4.69, 9.17) is 0 Å². The first kappa shape index (κ1) is 14.3. The minimum absolute atomic E-state index is 0.134. The van der Waals surface area contributed by atoms with Crippen LogP contribution in [0, 0.1) is 6.92 Å². The van der Waals surface area contributed by atoms with Crippen molar-refractivity contribution in [3.63, 3.8) is 0 Å². The smallest absolute Gasteiger partial charge is 0.274 e. The normalized spacial score (nSPS) is 11.0. The van der Waals surface area contributed by atoms with Gasteiger partial charge in [0.05, 0.1) is 5.69 Å². The summed E-state index contributed by atoms with van der Waals surface area (Å²) in [7, 11) is 0. The van der Waals surface area contributed by atoms with Crippen molar-refractivity contribution in [2.45, 2.75) is 33.2 Å². The first-order valence-corrected chi connectivity index (χ1v) is 7.44. The average Bonchev–Trinajstić information content (AvgIpc) is 2.90. The van der Waals surface area contributed by atoms with Gasteiger partial charge >= 0.3 is 0 Å². The van der Waals surface area contributed by atoms with E-state index in [1.54, 1.807) is 6.07 Å². The Morgan fingerprint density at radius 3 is 2.86 bits per heavy atom. The van der Waals surface area contributed by atoms with Gasteiger partial charge < -0.3 is 5.32 Å². The average molecular weight is 297 g/mol. The Bertz CT molecular complexity index is 849. The lowest BCUT2D eigenvalue weighted by Crippen LogP contribution is -2.15. The Labute approximate surface area is 128 Å². The zero-order valence-corrected chi connectivity index (χ0v) is 12.8. The molecule has 0 saturated carbocycles. The van der Waals surface area contributed by atoms with Crippen LogP contribution in [0.1, 0.15) is 30.2 Å². The Morgan fingerprint density at radius 2 is 2.09 bits per heavy atom. The van der Waals surface area contributed by atoms with Gasteiger partial charge in [0.15, 0.2) is 0 Å². The fourth-order valence-corrected chi connectivity index (χ4v) is 2.38. The van der Waals surface area contributed by atoms with Crippen molar-refractivity contribution in [3.05, 3.63) is 57.5 Å². The summed E-state index contributed by atoms with van der Waals surface area (Å²) in [5, 5.41) is 6.15. The van der Waals surface area contributed by atoms with Gasteiger partial charge in [-0.25, -0.2) is 4.98 Å². The lowest BCUT2D eigenvalue weighted by atomic mass is 10.1. The van der Waals surface area contributed by atoms with Crippen LogP contribution >= 0.6 is 0 Å². The SMILES string of the molecule is CCCc1cc(=O)n2[nH]c(NCc3ccccc3C)nc2n1. The van der Waals surface area contributed by atoms with E-state index in [-0.39, 0.29) is 5.56 Å². The van der Waals surface area contributed by atoms with E-state index in [2.05, 4.69) is 46.4 Å². The monoisotopic (exact) mass is 297 g/mol. The van der Waals surface area contributed by atoms with Crippen LogP contribution in [0.25, 0.3) is 5.78 Å². The number of fused-ring (bicyclic) bond motifs is 1. The maximum Gasteiger partial charge on any atom is 0.274 e. The van der Waals surface area contributed by atoms with Crippen LogP contribution in [0.5, 0.6) is 0 Å². The van der Waals surface area contributed by atoms with Gasteiger partial charge in [0, 0.05) is 12.6 Å². The lowest BCUT2D eigenvalue weighted by Gasteiger charge is -2.05. The lowest BCUT2D eigenvalue weighted by molar-refractivity contribution is 0.837. The van der Waals surface area contributed by atoms with Crippen LogP contribution < -0.4 is 10.9 Å². The largest absolute Gasteiger partial charge is 0.351 e. The van der Waals surface area contributed by atoms with Crippen molar-refractivity contribution >= 4 is 11.7 Å². The second-order valence-corrected chi connectivity index (χ2v) is 5.32. The van der Waals surface area contributed by atoms with E-state index in [1.165, 1.54) is 15.6 Å². The number of aromatic nitrogens is 4. The summed E-state index contributed by atoms with van der Waals surface area (Å²) >= 11 is 0. The fourth-order valence-electron chi connectivity index (χ4n) is 2.38. The molecule has 6 nitrogen and oxygen atoms in total. The number of rotatable bonds is 5. The van der Waals surface area contributed by atoms with Crippen molar-refractivity contribution in [1.82, 2.24) is 19.6 Å². The number of H-pyrrole nitrogens is 1. The molecule has 0 radical (unpaired) electrons.